The van der Waals surface area contributed by atoms with Crippen molar-refractivity contribution in [3.8, 4) is 0 Å². The van der Waals surface area contributed by atoms with Crippen molar-refractivity contribution in [2.24, 2.45) is 17.8 Å². The number of thioether (sulfide) groups is 1. The monoisotopic (exact) mass is 555 g/mol. The van der Waals surface area contributed by atoms with Crippen LogP contribution in [-0.4, -0.2) is 56.4 Å². The van der Waals surface area contributed by atoms with Gasteiger partial charge in [0.05, 0.1) is 39.9 Å². The number of benzene rings is 2. The molecule has 9 heteroatoms. The number of carbonyl (C=O) groups excluding carboxylic acids is 3. The summed E-state index contributed by atoms with van der Waals surface area (Å²) >= 11 is 8.04. The van der Waals surface area contributed by atoms with Gasteiger partial charge in [-0.3, -0.25) is 14.4 Å². The first-order valence-corrected chi connectivity index (χ1v) is 14.4. The van der Waals surface area contributed by atoms with Gasteiger partial charge >= 0.3 is 0 Å². The van der Waals surface area contributed by atoms with Crippen molar-refractivity contribution in [3.63, 3.8) is 0 Å². The summed E-state index contributed by atoms with van der Waals surface area (Å²) in [6.45, 7) is 5.85. The topological polar surface area (TPSA) is 98.7 Å². The van der Waals surface area contributed by atoms with Crippen molar-refractivity contribution >= 4 is 46.8 Å². The van der Waals surface area contributed by atoms with Crippen LogP contribution in [0.5, 0.6) is 0 Å². The molecule has 202 valence electrons. The van der Waals surface area contributed by atoms with Crippen LogP contribution >= 0.6 is 23.4 Å². The second-order valence-corrected chi connectivity index (χ2v) is 12.9. The zero-order chi connectivity index (χ0) is 27.2. The van der Waals surface area contributed by atoms with Crippen LogP contribution in [0.15, 0.2) is 48.5 Å². The molecule has 3 heterocycles. The lowest BCUT2D eigenvalue weighted by Crippen LogP contribution is -2.56. The Hall–Kier alpha value is -2.55. The van der Waals surface area contributed by atoms with Gasteiger partial charge in [-0.2, -0.15) is 0 Å². The van der Waals surface area contributed by atoms with E-state index in [0.29, 0.717) is 23.7 Å². The SMILES string of the molecule is Cc1cccc(Cl)c1NC(=O)C1N([C@@H](CO)C(C)C)C(=O)[C@@H]2[C@H](C(=O)NCc3ccccc3)[C@@H]3CCC12S3. The van der Waals surface area contributed by atoms with Crippen LogP contribution in [0, 0.1) is 24.7 Å². The average Bonchev–Trinajstić information content (AvgIpc) is 3.53. The number of aryl methyl sites for hydroxylation is 1. The van der Waals surface area contributed by atoms with Crippen molar-refractivity contribution in [1.82, 2.24) is 10.2 Å². The van der Waals surface area contributed by atoms with Crippen LogP contribution in [0.1, 0.15) is 37.8 Å². The van der Waals surface area contributed by atoms with Gasteiger partial charge < -0.3 is 20.6 Å². The van der Waals surface area contributed by atoms with E-state index in [-0.39, 0.29) is 35.5 Å². The number of nitrogens with zero attached hydrogens (tertiary/aromatic N) is 1. The minimum atomic E-state index is -0.822. The Morgan fingerprint density at radius 3 is 2.55 bits per heavy atom. The van der Waals surface area contributed by atoms with Crippen LogP contribution in [0.3, 0.4) is 0 Å². The van der Waals surface area contributed by atoms with Crippen LogP contribution in [-0.2, 0) is 20.9 Å². The summed E-state index contributed by atoms with van der Waals surface area (Å²) in [5.41, 5.74) is 2.32. The number of nitrogens with one attached hydrogen (secondary N) is 2. The number of halogens is 1. The zero-order valence-electron chi connectivity index (χ0n) is 21.8. The number of aliphatic hydroxyl groups excluding tert-OH is 1. The van der Waals surface area contributed by atoms with E-state index in [1.807, 2.05) is 63.2 Å². The van der Waals surface area contributed by atoms with Gasteiger partial charge in [-0.05, 0) is 42.9 Å². The summed E-state index contributed by atoms with van der Waals surface area (Å²) in [4.78, 5) is 43.4. The van der Waals surface area contributed by atoms with Gasteiger partial charge in [0.2, 0.25) is 17.7 Å². The molecule has 3 aliphatic heterocycles. The lowest BCUT2D eigenvalue weighted by molar-refractivity contribution is -0.143. The molecule has 0 aliphatic carbocycles. The number of hydrogen-bond donors (Lipinski definition) is 3. The van der Waals surface area contributed by atoms with Gasteiger partial charge in [0.1, 0.15) is 6.04 Å². The number of hydrogen-bond acceptors (Lipinski definition) is 5. The molecule has 0 saturated carbocycles. The van der Waals surface area contributed by atoms with Gasteiger partial charge in [0, 0.05) is 11.8 Å². The summed E-state index contributed by atoms with van der Waals surface area (Å²) in [7, 11) is 0. The molecule has 2 bridgehead atoms. The summed E-state index contributed by atoms with van der Waals surface area (Å²) in [6.07, 6.45) is 1.42. The Labute approximate surface area is 232 Å². The van der Waals surface area contributed by atoms with Crippen LogP contribution in [0.4, 0.5) is 5.69 Å². The van der Waals surface area contributed by atoms with E-state index in [2.05, 4.69) is 10.6 Å². The van der Waals surface area contributed by atoms with Gasteiger partial charge in [-0.1, -0.05) is 67.9 Å². The number of carbonyl (C=O) groups is 3. The van der Waals surface area contributed by atoms with E-state index in [0.717, 1.165) is 17.5 Å². The second kappa shape index (κ2) is 10.5. The number of fused-ring (bicyclic) bond motifs is 1. The average molecular weight is 556 g/mol. The van der Waals surface area contributed by atoms with Crippen molar-refractivity contribution < 1.29 is 19.5 Å². The molecule has 1 spiro atoms. The number of aliphatic hydroxyl groups is 1. The van der Waals surface area contributed by atoms with Crippen molar-refractivity contribution in [2.75, 3.05) is 11.9 Å². The molecule has 7 nitrogen and oxygen atoms in total. The van der Waals surface area contributed by atoms with Gasteiger partial charge in [0.15, 0.2) is 0 Å². The molecular weight excluding hydrogens is 522 g/mol. The van der Waals surface area contributed by atoms with E-state index in [1.165, 1.54) is 0 Å². The predicted molar refractivity (Wildman–Crippen MR) is 150 cm³/mol. The number of rotatable bonds is 8. The molecule has 3 aliphatic rings. The quantitative estimate of drug-likeness (QED) is 0.457. The number of para-hydroxylation sites is 1. The van der Waals surface area contributed by atoms with E-state index >= 15 is 0 Å². The zero-order valence-corrected chi connectivity index (χ0v) is 23.4. The molecule has 2 aromatic rings. The minimum Gasteiger partial charge on any atom is -0.394 e. The van der Waals surface area contributed by atoms with Gasteiger partial charge in [-0.25, -0.2) is 0 Å². The highest BCUT2D eigenvalue weighted by Gasteiger charge is 2.74. The number of anilines is 1. The summed E-state index contributed by atoms with van der Waals surface area (Å²) in [5, 5.41) is 16.8. The molecule has 0 aromatic heterocycles. The third-order valence-corrected chi connectivity index (χ3v) is 10.6. The van der Waals surface area contributed by atoms with E-state index < -0.39 is 28.7 Å². The molecule has 3 fully saturated rings. The highest BCUT2D eigenvalue weighted by molar-refractivity contribution is 8.02. The largest absolute Gasteiger partial charge is 0.394 e. The van der Waals surface area contributed by atoms with E-state index in [9.17, 15) is 19.5 Å². The lowest BCUT2D eigenvalue weighted by Gasteiger charge is -2.38. The predicted octanol–water partition coefficient (Wildman–Crippen LogP) is 4.01. The summed E-state index contributed by atoms with van der Waals surface area (Å²) in [5.74, 6) is -1.93. The normalized spacial score (nSPS) is 28.5. The fraction of sp³-hybridized carbons (Fsp3) is 0.483. The smallest absolute Gasteiger partial charge is 0.248 e. The molecule has 2 unspecified atom stereocenters. The molecule has 3 amide bonds. The van der Waals surface area contributed by atoms with Crippen molar-refractivity contribution in [2.45, 2.75) is 62.2 Å². The first-order chi connectivity index (χ1) is 18.2. The maximum atomic E-state index is 14.2. The Kier molecular flexibility index (Phi) is 7.50. The van der Waals surface area contributed by atoms with Crippen molar-refractivity contribution in [1.29, 1.82) is 0 Å². The minimum absolute atomic E-state index is 0.0363. The van der Waals surface area contributed by atoms with Crippen LogP contribution in [0.2, 0.25) is 5.02 Å². The lowest BCUT2D eigenvalue weighted by atomic mass is 9.70. The fourth-order valence-corrected chi connectivity index (χ4v) is 9.03. The molecule has 3 N–H and O–H groups in total. The highest BCUT2D eigenvalue weighted by Crippen LogP contribution is 2.66. The number of amides is 3. The molecule has 6 atom stereocenters. The fourth-order valence-electron chi connectivity index (χ4n) is 6.55. The molecule has 3 saturated heterocycles. The maximum absolute atomic E-state index is 14.2. The first-order valence-electron chi connectivity index (χ1n) is 13.2. The first kappa shape index (κ1) is 27.0. The number of likely N-dealkylation sites (tertiary alicyclic amines) is 1. The third kappa shape index (κ3) is 4.40. The molecular formula is C29H34ClN3O4S. The van der Waals surface area contributed by atoms with Gasteiger partial charge in [-0.15, -0.1) is 11.8 Å². The second-order valence-electron chi connectivity index (χ2n) is 10.9. The summed E-state index contributed by atoms with van der Waals surface area (Å²) in [6, 6.07) is 13.7. The Balaban J connectivity index is 1.49. The van der Waals surface area contributed by atoms with Crippen LogP contribution < -0.4 is 10.6 Å². The molecule has 0 radical (unpaired) electrons. The molecule has 5 rings (SSSR count). The van der Waals surface area contributed by atoms with Crippen LogP contribution in [0.25, 0.3) is 0 Å². The summed E-state index contributed by atoms with van der Waals surface area (Å²) < 4.78 is -0.738. The van der Waals surface area contributed by atoms with E-state index in [4.69, 9.17) is 11.6 Å². The Morgan fingerprint density at radius 2 is 1.89 bits per heavy atom. The Morgan fingerprint density at radius 1 is 1.16 bits per heavy atom. The van der Waals surface area contributed by atoms with E-state index in [1.54, 1.807) is 22.7 Å². The third-order valence-electron chi connectivity index (χ3n) is 8.38. The standard InChI is InChI=1S/C29H34ClN3O4S/c1-16(2)20(15-34)33-25(27(36)32-24-17(3)8-7-11-19(24)30)29-13-12-21(38-29)22(23(29)28(33)37)26(35)31-14-18-9-5-4-6-10-18/h4-11,16,20-23,25,34H,12-15H2,1-3H3,(H,31,35)(H,32,36)/t20-,21-,22+,23-,25?,29?/m0/s1. The molecule has 2 aromatic carbocycles. The van der Waals surface area contributed by atoms with Gasteiger partial charge in [0.25, 0.3) is 0 Å². The maximum Gasteiger partial charge on any atom is 0.248 e. The Bertz CT molecular complexity index is 1220. The highest BCUT2D eigenvalue weighted by atomic mass is 35.5. The van der Waals surface area contributed by atoms with Crippen molar-refractivity contribution in [3.05, 3.63) is 64.7 Å². The molecule has 38 heavy (non-hydrogen) atoms.